The van der Waals surface area contributed by atoms with Gasteiger partial charge in [-0.2, -0.15) is 4.31 Å². The van der Waals surface area contributed by atoms with E-state index in [2.05, 4.69) is 0 Å². The molecule has 4 rings (SSSR count). The Kier molecular flexibility index (Phi) is 6.87. The van der Waals surface area contributed by atoms with Crippen molar-refractivity contribution in [1.29, 1.82) is 0 Å². The van der Waals surface area contributed by atoms with Crippen molar-refractivity contribution in [2.24, 2.45) is 0 Å². The molecule has 1 aromatic heterocycles. The number of nitro groups is 1. The van der Waals surface area contributed by atoms with Crippen LogP contribution in [0.15, 0.2) is 70.3 Å². The number of sulfonamides is 1. The summed E-state index contributed by atoms with van der Waals surface area (Å²) in [6, 6.07) is 14.9. The lowest BCUT2D eigenvalue weighted by atomic mass is 9.92. The highest BCUT2D eigenvalue weighted by molar-refractivity contribution is 7.91. The lowest BCUT2D eigenvalue weighted by Crippen LogP contribution is -2.41. The fourth-order valence-electron chi connectivity index (χ4n) is 3.89. The first-order valence-corrected chi connectivity index (χ1v) is 12.7. The predicted octanol–water partition coefficient (Wildman–Crippen LogP) is 3.76. The summed E-state index contributed by atoms with van der Waals surface area (Å²) in [5.41, 5.74) is 1.47. The fourth-order valence-corrected chi connectivity index (χ4v) is 6.62. The number of fused-ring (bicyclic) bond motifs is 1. The van der Waals surface area contributed by atoms with Crippen LogP contribution >= 0.6 is 11.3 Å². The highest BCUT2D eigenvalue weighted by Gasteiger charge is 2.38. The van der Waals surface area contributed by atoms with Crippen LogP contribution in [-0.4, -0.2) is 42.6 Å². The highest BCUT2D eigenvalue weighted by Crippen LogP contribution is 2.37. The third-order valence-corrected chi connectivity index (χ3v) is 8.81. The van der Waals surface area contributed by atoms with Crippen LogP contribution < -0.4 is 0 Å². The molecule has 2 aromatic carbocycles. The molecule has 0 aliphatic carbocycles. The number of nitrogens with zero attached hydrogens (tertiary/aromatic N) is 2. The monoisotopic (exact) mass is 500 g/mol. The molecule has 0 saturated heterocycles. The largest absolute Gasteiger partial charge is 0.457 e. The van der Waals surface area contributed by atoms with Crippen molar-refractivity contribution < 1.29 is 27.7 Å². The minimum absolute atomic E-state index is 0.0481. The third-order valence-electron chi connectivity index (χ3n) is 5.52. The Morgan fingerprint density at radius 2 is 1.91 bits per heavy atom. The Labute approximate surface area is 199 Å². The maximum atomic E-state index is 13.3. The number of ether oxygens (including phenoxy) is 1. The topological polar surface area (TPSA) is 124 Å². The number of rotatable bonds is 8. The molecule has 1 aliphatic rings. The Balaban J connectivity index is 1.51. The normalized spacial score (nSPS) is 15.9. The molecule has 2 heterocycles. The van der Waals surface area contributed by atoms with Crippen LogP contribution in [0, 0.1) is 10.1 Å². The minimum atomic E-state index is -3.83. The Hall–Kier alpha value is -3.41. The number of hydrogen-bond acceptors (Lipinski definition) is 8. The molecule has 0 amide bonds. The molecule has 11 heteroatoms. The lowest BCUT2D eigenvalue weighted by molar-refractivity contribution is -0.384. The molecule has 9 nitrogen and oxygen atoms in total. The summed E-state index contributed by atoms with van der Waals surface area (Å²) in [5.74, 6) is -1.34. The summed E-state index contributed by atoms with van der Waals surface area (Å²) in [6.45, 7) is -0.395. The van der Waals surface area contributed by atoms with E-state index in [1.54, 1.807) is 23.6 Å². The van der Waals surface area contributed by atoms with Gasteiger partial charge in [0.1, 0.15) is 4.21 Å². The number of Topliss-reactive ketones (excluding diaryl/α,β-unsaturated/α-hetero) is 1. The number of nitro benzene ring substituents is 1. The van der Waals surface area contributed by atoms with Crippen molar-refractivity contribution in [2.45, 2.75) is 23.1 Å². The summed E-state index contributed by atoms with van der Waals surface area (Å²) in [7, 11) is -3.83. The van der Waals surface area contributed by atoms with Gasteiger partial charge in [0.2, 0.25) is 5.78 Å². The van der Waals surface area contributed by atoms with E-state index in [1.165, 1.54) is 28.6 Å². The van der Waals surface area contributed by atoms with Gasteiger partial charge in [0.05, 0.1) is 17.4 Å². The third kappa shape index (κ3) is 4.91. The summed E-state index contributed by atoms with van der Waals surface area (Å²) in [6.07, 6.45) is 0.238. The quantitative estimate of drug-likeness (QED) is 0.200. The van der Waals surface area contributed by atoms with Crippen molar-refractivity contribution in [3.05, 3.63) is 92.8 Å². The maximum Gasteiger partial charge on any atom is 0.308 e. The van der Waals surface area contributed by atoms with Crippen LogP contribution in [0.4, 0.5) is 5.69 Å². The zero-order valence-electron chi connectivity index (χ0n) is 17.8. The molecule has 0 fully saturated rings. The highest BCUT2D eigenvalue weighted by atomic mass is 32.2. The zero-order valence-corrected chi connectivity index (χ0v) is 19.5. The van der Waals surface area contributed by atoms with Crippen molar-refractivity contribution >= 4 is 38.8 Å². The van der Waals surface area contributed by atoms with E-state index in [-0.39, 0.29) is 28.4 Å². The first kappa shape index (κ1) is 23.7. The number of non-ortho nitro benzene ring substituents is 1. The predicted molar refractivity (Wildman–Crippen MR) is 124 cm³/mol. The molecule has 0 N–H and O–H groups in total. The standard InChI is InChI=1S/C23H20N2O7S2/c26-21(17-6-3-7-18(13-17)25(28)29)15-32-22(27)14-20-19-8-2-1-5-16(19)10-11-24(20)34(30,31)23-9-4-12-33-23/h1-9,12-13,20H,10-11,14-15H2. The van der Waals surface area contributed by atoms with Gasteiger partial charge in [0.15, 0.2) is 6.61 Å². The van der Waals surface area contributed by atoms with E-state index in [1.807, 2.05) is 12.1 Å². The summed E-state index contributed by atoms with van der Waals surface area (Å²) in [5, 5.41) is 12.6. The fraction of sp³-hybridized carbons (Fsp3) is 0.217. The first-order valence-electron chi connectivity index (χ1n) is 10.3. The number of carbonyl (C=O) groups is 2. The molecule has 176 valence electrons. The number of hydrogen-bond donors (Lipinski definition) is 0. The van der Waals surface area contributed by atoms with Crippen LogP contribution in [0.25, 0.3) is 0 Å². The minimum Gasteiger partial charge on any atom is -0.457 e. The number of thiophene rings is 1. The smallest absolute Gasteiger partial charge is 0.308 e. The van der Waals surface area contributed by atoms with Gasteiger partial charge in [-0.15, -0.1) is 11.3 Å². The van der Waals surface area contributed by atoms with Gasteiger partial charge in [0.25, 0.3) is 15.7 Å². The van der Waals surface area contributed by atoms with Crippen LogP contribution in [0.1, 0.15) is 33.9 Å². The second kappa shape index (κ2) is 9.84. The molecule has 34 heavy (non-hydrogen) atoms. The molecule has 1 atom stereocenters. The van der Waals surface area contributed by atoms with Gasteiger partial charge < -0.3 is 4.74 Å². The average Bonchev–Trinajstić information content (AvgIpc) is 3.39. The van der Waals surface area contributed by atoms with Crippen molar-refractivity contribution in [3.8, 4) is 0 Å². The summed E-state index contributed by atoms with van der Waals surface area (Å²) >= 11 is 1.10. The number of benzene rings is 2. The molecule has 0 bridgehead atoms. The first-order chi connectivity index (χ1) is 16.3. The van der Waals surface area contributed by atoms with Gasteiger partial charge in [-0.3, -0.25) is 19.7 Å². The van der Waals surface area contributed by atoms with Gasteiger partial charge in [-0.05, 0) is 29.0 Å². The van der Waals surface area contributed by atoms with Crippen molar-refractivity contribution in [3.63, 3.8) is 0 Å². The van der Waals surface area contributed by atoms with Gasteiger partial charge in [-0.25, -0.2) is 8.42 Å². The average molecular weight is 501 g/mol. The van der Waals surface area contributed by atoms with Crippen LogP contribution in [0.2, 0.25) is 0 Å². The molecule has 0 radical (unpaired) electrons. The molecule has 0 saturated carbocycles. The summed E-state index contributed by atoms with van der Waals surface area (Å²) in [4.78, 5) is 35.4. The van der Waals surface area contributed by atoms with E-state index in [9.17, 15) is 28.1 Å². The van der Waals surface area contributed by atoms with E-state index < -0.39 is 39.3 Å². The molecule has 1 aliphatic heterocycles. The SMILES string of the molecule is O=C(CC1c2ccccc2CCN1S(=O)(=O)c1cccs1)OCC(=O)c1cccc([N+](=O)[O-])c1. The van der Waals surface area contributed by atoms with E-state index in [0.29, 0.717) is 6.42 Å². The van der Waals surface area contributed by atoms with Crippen LogP contribution in [0.3, 0.4) is 0 Å². The number of esters is 1. The molecule has 3 aromatic rings. The van der Waals surface area contributed by atoms with E-state index in [4.69, 9.17) is 4.74 Å². The number of carbonyl (C=O) groups excluding carboxylic acids is 2. The Bertz CT molecular complexity index is 1340. The second-order valence-corrected chi connectivity index (χ2v) is 10.7. The van der Waals surface area contributed by atoms with Gasteiger partial charge >= 0.3 is 5.97 Å². The van der Waals surface area contributed by atoms with Crippen LogP contribution in [0.5, 0.6) is 0 Å². The lowest BCUT2D eigenvalue weighted by Gasteiger charge is -2.35. The second-order valence-electron chi connectivity index (χ2n) is 7.61. The van der Waals surface area contributed by atoms with E-state index in [0.717, 1.165) is 28.5 Å². The van der Waals surface area contributed by atoms with Gasteiger partial charge in [-0.1, -0.05) is 42.5 Å². The van der Waals surface area contributed by atoms with Crippen molar-refractivity contribution in [2.75, 3.05) is 13.2 Å². The van der Waals surface area contributed by atoms with E-state index >= 15 is 0 Å². The van der Waals surface area contributed by atoms with Gasteiger partial charge in [0, 0.05) is 24.2 Å². The van der Waals surface area contributed by atoms with Crippen molar-refractivity contribution in [1.82, 2.24) is 4.31 Å². The molecule has 0 spiro atoms. The molecule has 1 unspecified atom stereocenters. The number of ketones is 1. The molecular weight excluding hydrogens is 480 g/mol. The van der Waals surface area contributed by atoms with Crippen LogP contribution in [-0.2, 0) is 26.0 Å². The Morgan fingerprint density at radius 3 is 2.65 bits per heavy atom. The molecular formula is C23H20N2O7S2. The zero-order chi connectivity index (χ0) is 24.3. The summed E-state index contributed by atoms with van der Waals surface area (Å²) < 4.78 is 33.2. The Morgan fingerprint density at radius 1 is 1.12 bits per heavy atom. The maximum absolute atomic E-state index is 13.3.